The van der Waals surface area contributed by atoms with Crippen LogP contribution >= 0.6 is 24.0 Å². The molecule has 0 aliphatic rings. The van der Waals surface area contributed by atoms with Crippen molar-refractivity contribution < 1.29 is 9.53 Å². The zero-order valence-electron chi connectivity index (χ0n) is 19.2. The SMILES string of the molecule is CCNC(=NCc1ccnc(Oc2ccc(C)c(C)c2)c1)NCC(=O)NC(C)(C)C.I. The number of guanidine groups is 1. The monoisotopic (exact) mass is 539 g/mol. The molecule has 1 heterocycles. The van der Waals surface area contributed by atoms with E-state index in [4.69, 9.17) is 4.74 Å². The zero-order chi connectivity index (χ0) is 22.1. The number of halogens is 1. The highest BCUT2D eigenvalue weighted by atomic mass is 127. The lowest BCUT2D eigenvalue weighted by Gasteiger charge is -2.21. The van der Waals surface area contributed by atoms with E-state index in [1.807, 2.05) is 58.0 Å². The highest BCUT2D eigenvalue weighted by Crippen LogP contribution is 2.22. The topological polar surface area (TPSA) is 87.6 Å². The van der Waals surface area contributed by atoms with Crippen LogP contribution in [0.1, 0.15) is 44.4 Å². The van der Waals surface area contributed by atoms with E-state index in [1.165, 1.54) is 11.1 Å². The van der Waals surface area contributed by atoms with Crippen molar-refractivity contribution in [2.75, 3.05) is 13.1 Å². The molecule has 0 atom stereocenters. The van der Waals surface area contributed by atoms with Crippen LogP contribution in [0.25, 0.3) is 0 Å². The molecule has 0 unspecified atom stereocenters. The van der Waals surface area contributed by atoms with Crippen LogP contribution in [-0.2, 0) is 11.3 Å². The van der Waals surface area contributed by atoms with E-state index < -0.39 is 0 Å². The summed E-state index contributed by atoms with van der Waals surface area (Å²) in [6.07, 6.45) is 1.71. The molecule has 0 aliphatic heterocycles. The van der Waals surface area contributed by atoms with E-state index >= 15 is 0 Å². The first-order valence-electron chi connectivity index (χ1n) is 10.2. The standard InChI is InChI=1S/C23H33N5O2.HI/c1-7-24-22(27-15-20(29)28-23(4,5)6)26-14-18-10-11-25-21(13-18)30-19-9-8-16(2)17(3)12-19;/h8-13H,7,14-15H2,1-6H3,(H,28,29)(H2,24,26,27);1H. The van der Waals surface area contributed by atoms with Crippen molar-refractivity contribution in [3.63, 3.8) is 0 Å². The van der Waals surface area contributed by atoms with Crippen molar-refractivity contribution in [2.45, 2.75) is 53.6 Å². The van der Waals surface area contributed by atoms with Gasteiger partial charge in [0.15, 0.2) is 5.96 Å². The Morgan fingerprint density at radius 3 is 2.48 bits per heavy atom. The average molecular weight is 539 g/mol. The predicted octanol–water partition coefficient (Wildman–Crippen LogP) is 4.08. The van der Waals surface area contributed by atoms with Crippen molar-refractivity contribution in [3.8, 4) is 11.6 Å². The van der Waals surface area contributed by atoms with Gasteiger partial charge in [-0.15, -0.1) is 24.0 Å². The first-order valence-corrected chi connectivity index (χ1v) is 10.2. The Kier molecular flexibility index (Phi) is 10.7. The number of hydrogen-bond donors (Lipinski definition) is 3. The Bertz CT molecular complexity index is 894. The van der Waals surface area contributed by atoms with Crippen molar-refractivity contribution in [2.24, 2.45) is 4.99 Å². The quantitative estimate of drug-likeness (QED) is 0.281. The van der Waals surface area contributed by atoms with E-state index in [-0.39, 0.29) is 42.0 Å². The van der Waals surface area contributed by atoms with Gasteiger partial charge in [0.25, 0.3) is 0 Å². The molecule has 1 amide bonds. The summed E-state index contributed by atoms with van der Waals surface area (Å²) in [5.41, 5.74) is 3.08. The van der Waals surface area contributed by atoms with E-state index in [1.54, 1.807) is 6.20 Å². The average Bonchev–Trinajstić information content (AvgIpc) is 2.66. The number of aryl methyl sites for hydroxylation is 2. The fourth-order valence-corrected chi connectivity index (χ4v) is 2.64. The molecule has 2 aromatic rings. The van der Waals surface area contributed by atoms with E-state index in [0.717, 1.165) is 11.3 Å². The number of hydrogen-bond acceptors (Lipinski definition) is 4. The number of ether oxygens (including phenoxy) is 1. The molecule has 8 heteroatoms. The number of aromatic nitrogens is 1. The zero-order valence-corrected chi connectivity index (χ0v) is 21.5. The molecular weight excluding hydrogens is 505 g/mol. The number of carbonyl (C=O) groups excluding carboxylic acids is 1. The van der Waals surface area contributed by atoms with Crippen LogP contribution in [0, 0.1) is 13.8 Å². The van der Waals surface area contributed by atoms with Crippen LogP contribution in [0.5, 0.6) is 11.6 Å². The Morgan fingerprint density at radius 1 is 1.10 bits per heavy atom. The molecule has 0 saturated heterocycles. The Labute approximate surface area is 202 Å². The number of nitrogens with zero attached hydrogens (tertiary/aromatic N) is 2. The second kappa shape index (κ2) is 12.5. The van der Waals surface area contributed by atoms with Crippen LogP contribution in [-0.4, -0.2) is 35.5 Å². The Morgan fingerprint density at radius 2 is 1.84 bits per heavy atom. The second-order valence-corrected chi connectivity index (χ2v) is 8.20. The molecule has 2 rings (SSSR count). The van der Waals surface area contributed by atoms with Gasteiger partial charge < -0.3 is 20.7 Å². The third-order valence-corrected chi connectivity index (χ3v) is 4.19. The van der Waals surface area contributed by atoms with Crippen LogP contribution < -0.4 is 20.7 Å². The van der Waals surface area contributed by atoms with Gasteiger partial charge in [-0.05, 0) is 76.4 Å². The van der Waals surface area contributed by atoms with Gasteiger partial charge in [-0.2, -0.15) is 0 Å². The number of pyridine rings is 1. The van der Waals surface area contributed by atoms with E-state index in [2.05, 4.69) is 39.8 Å². The van der Waals surface area contributed by atoms with Crippen LogP contribution in [0.15, 0.2) is 41.5 Å². The molecule has 7 nitrogen and oxygen atoms in total. The van der Waals surface area contributed by atoms with Crippen molar-refractivity contribution in [3.05, 3.63) is 53.2 Å². The summed E-state index contributed by atoms with van der Waals surface area (Å²) in [6.45, 7) is 13.2. The minimum absolute atomic E-state index is 0. The molecule has 1 aromatic heterocycles. The van der Waals surface area contributed by atoms with Gasteiger partial charge in [-0.3, -0.25) is 4.79 Å². The summed E-state index contributed by atoms with van der Waals surface area (Å²) in [5, 5.41) is 9.13. The Hall–Kier alpha value is -2.36. The molecular formula is C23H34IN5O2. The molecule has 170 valence electrons. The lowest BCUT2D eigenvalue weighted by atomic mass is 10.1. The fraction of sp³-hybridized carbons (Fsp3) is 0.435. The lowest BCUT2D eigenvalue weighted by molar-refractivity contribution is -0.121. The number of rotatable bonds is 7. The highest BCUT2D eigenvalue weighted by molar-refractivity contribution is 14.0. The van der Waals surface area contributed by atoms with E-state index in [9.17, 15) is 4.79 Å². The molecule has 0 aliphatic carbocycles. The first kappa shape index (κ1) is 26.7. The summed E-state index contributed by atoms with van der Waals surface area (Å²) in [4.78, 5) is 20.9. The number of benzene rings is 1. The number of amides is 1. The number of carbonyl (C=O) groups is 1. The Balaban J connectivity index is 0.00000480. The molecule has 3 N–H and O–H groups in total. The van der Waals surface area contributed by atoms with Crippen LogP contribution in [0.4, 0.5) is 0 Å². The minimum Gasteiger partial charge on any atom is -0.439 e. The van der Waals surface area contributed by atoms with Crippen molar-refractivity contribution >= 4 is 35.8 Å². The molecule has 31 heavy (non-hydrogen) atoms. The molecule has 0 radical (unpaired) electrons. The highest BCUT2D eigenvalue weighted by Gasteiger charge is 2.13. The molecule has 0 saturated carbocycles. The van der Waals surface area contributed by atoms with E-state index in [0.29, 0.717) is 24.9 Å². The number of nitrogens with one attached hydrogen (secondary N) is 3. The maximum Gasteiger partial charge on any atom is 0.239 e. The maximum atomic E-state index is 12.0. The molecule has 0 bridgehead atoms. The van der Waals surface area contributed by atoms with Gasteiger partial charge in [0.2, 0.25) is 11.8 Å². The van der Waals surface area contributed by atoms with Crippen LogP contribution in [0.3, 0.4) is 0 Å². The smallest absolute Gasteiger partial charge is 0.239 e. The summed E-state index contributed by atoms with van der Waals surface area (Å²) >= 11 is 0. The number of aliphatic imine (C=N–C) groups is 1. The van der Waals surface area contributed by atoms with Crippen molar-refractivity contribution in [1.29, 1.82) is 0 Å². The van der Waals surface area contributed by atoms with Gasteiger partial charge in [0.1, 0.15) is 5.75 Å². The van der Waals surface area contributed by atoms with Gasteiger partial charge in [-0.1, -0.05) is 6.07 Å². The summed E-state index contributed by atoms with van der Waals surface area (Å²) in [5.74, 6) is 1.77. The summed E-state index contributed by atoms with van der Waals surface area (Å²) in [7, 11) is 0. The maximum absolute atomic E-state index is 12.0. The molecule has 1 aromatic carbocycles. The predicted molar refractivity (Wildman–Crippen MR) is 136 cm³/mol. The van der Waals surface area contributed by atoms with Gasteiger partial charge in [-0.25, -0.2) is 9.98 Å². The lowest BCUT2D eigenvalue weighted by Crippen LogP contribution is -2.48. The third-order valence-electron chi connectivity index (χ3n) is 4.19. The second-order valence-electron chi connectivity index (χ2n) is 8.20. The summed E-state index contributed by atoms with van der Waals surface area (Å²) < 4.78 is 5.89. The fourth-order valence-electron chi connectivity index (χ4n) is 2.64. The normalized spacial score (nSPS) is 11.4. The third kappa shape index (κ3) is 9.99. The van der Waals surface area contributed by atoms with Crippen molar-refractivity contribution in [1.82, 2.24) is 20.9 Å². The molecule has 0 spiro atoms. The largest absolute Gasteiger partial charge is 0.439 e. The van der Waals surface area contributed by atoms with Gasteiger partial charge in [0.05, 0.1) is 13.1 Å². The van der Waals surface area contributed by atoms with Gasteiger partial charge >= 0.3 is 0 Å². The van der Waals surface area contributed by atoms with Crippen LogP contribution in [0.2, 0.25) is 0 Å². The van der Waals surface area contributed by atoms with Gasteiger partial charge in [0, 0.05) is 24.3 Å². The summed E-state index contributed by atoms with van der Waals surface area (Å²) in [6, 6.07) is 9.73. The first-order chi connectivity index (χ1) is 14.2. The molecule has 0 fully saturated rings. The minimum atomic E-state index is -0.266.